The van der Waals surface area contributed by atoms with E-state index < -0.39 is 6.04 Å². The van der Waals surface area contributed by atoms with Crippen LogP contribution in [0.25, 0.3) is 11.0 Å². The molecule has 5 heteroatoms. The number of hydrogen-bond acceptors (Lipinski definition) is 4. The molecule has 0 spiro atoms. The molecular weight excluding hydrogens is 414 g/mol. The smallest absolute Gasteiger partial charge is 0.295 e. The van der Waals surface area contributed by atoms with Crippen LogP contribution >= 0.6 is 0 Å². The molecular formula is C28H25NO4. The Hall–Kier alpha value is -3.86. The molecule has 0 saturated heterocycles. The van der Waals surface area contributed by atoms with Gasteiger partial charge in [0.15, 0.2) is 5.43 Å². The Bertz CT molecular complexity index is 1370. The second kappa shape index (κ2) is 8.58. The Morgan fingerprint density at radius 1 is 0.909 bits per heavy atom. The van der Waals surface area contributed by atoms with Gasteiger partial charge in [0.1, 0.15) is 11.3 Å². The van der Waals surface area contributed by atoms with Gasteiger partial charge in [0.2, 0.25) is 5.76 Å². The summed E-state index contributed by atoms with van der Waals surface area (Å²) in [5.74, 6) is 0.553. The number of carbonyl (C=O) groups is 1. The first kappa shape index (κ1) is 21.0. The van der Waals surface area contributed by atoms with Gasteiger partial charge in [-0.3, -0.25) is 14.5 Å². The van der Waals surface area contributed by atoms with Gasteiger partial charge in [0, 0.05) is 5.69 Å². The Labute approximate surface area is 192 Å². The summed E-state index contributed by atoms with van der Waals surface area (Å²) in [6, 6.07) is 22.0. The Morgan fingerprint density at radius 2 is 1.64 bits per heavy atom. The molecule has 33 heavy (non-hydrogen) atoms. The van der Waals surface area contributed by atoms with Gasteiger partial charge >= 0.3 is 0 Å². The number of ether oxygens (including phenoxy) is 1. The number of para-hydroxylation sites is 1. The van der Waals surface area contributed by atoms with Crippen LogP contribution in [0, 0.1) is 0 Å². The summed E-state index contributed by atoms with van der Waals surface area (Å²) in [4.78, 5) is 28.8. The van der Waals surface area contributed by atoms with Crippen LogP contribution in [0.2, 0.25) is 0 Å². The molecule has 1 aromatic heterocycles. The van der Waals surface area contributed by atoms with Gasteiger partial charge in [-0.1, -0.05) is 50.2 Å². The maximum absolute atomic E-state index is 13.6. The van der Waals surface area contributed by atoms with Crippen molar-refractivity contribution in [2.45, 2.75) is 32.7 Å². The van der Waals surface area contributed by atoms with Crippen molar-refractivity contribution in [3.05, 3.63) is 105 Å². The second-order valence-corrected chi connectivity index (χ2v) is 8.19. The minimum absolute atomic E-state index is 0.106. The fourth-order valence-electron chi connectivity index (χ4n) is 4.36. The van der Waals surface area contributed by atoms with Crippen molar-refractivity contribution < 1.29 is 13.9 Å². The van der Waals surface area contributed by atoms with E-state index >= 15 is 0 Å². The molecule has 4 aromatic rings. The van der Waals surface area contributed by atoms with Gasteiger partial charge in [-0.15, -0.1) is 0 Å². The predicted molar refractivity (Wildman–Crippen MR) is 129 cm³/mol. The zero-order valence-electron chi connectivity index (χ0n) is 18.7. The van der Waals surface area contributed by atoms with Gasteiger partial charge in [-0.2, -0.15) is 0 Å². The summed E-state index contributed by atoms with van der Waals surface area (Å²) in [6.07, 6.45) is 1.82. The SMILES string of the molecule is CCCOc1ccc(C2c3c(oc4ccccc4c3=O)C(=O)N2c2ccc(CC)cc2)cc1. The normalized spacial score (nSPS) is 15.2. The average Bonchev–Trinajstić information content (AvgIpc) is 3.15. The van der Waals surface area contributed by atoms with Crippen LogP contribution in [0.4, 0.5) is 5.69 Å². The average molecular weight is 440 g/mol. The van der Waals surface area contributed by atoms with Crippen LogP contribution in [0.5, 0.6) is 5.75 Å². The maximum atomic E-state index is 13.6. The Kier molecular flexibility index (Phi) is 5.47. The zero-order chi connectivity index (χ0) is 22.9. The van der Waals surface area contributed by atoms with Crippen molar-refractivity contribution in [3.63, 3.8) is 0 Å². The van der Waals surface area contributed by atoms with Crippen molar-refractivity contribution in [2.24, 2.45) is 0 Å². The lowest BCUT2D eigenvalue weighted by molar-refractivity contribution is 0.0971. The Balaban J connectivity index is 1.69. The molecule has 0 aliphatic carbocycles. The van der Waals surface area contributed by atoms with Gasteiger partial charge in [-0.05, 0) is 60.4 Å². The first-order valence-corrected chi connectivity index (χ1v) is 11.3. The van der Waals surface area contributed by atoms with Crippen LogP contribution in [0.1, 0.15) is 53.6 Å². The third-order valence-corrected chi connectivity index (χ3v) is 6.07. The molecule has 0 N–H and O–H groups in total. The molecule has 1 atom stereocenters. The minimum atomic E-state index is -0.582. The number of benzene rings is 3. The van der Waals surface area contributed by atoms with E-state index in [1.807, 2.05) is 48.5 Å². The first-order chi connectivity index (χ1) is 16.1. The Morgan fingerprint density at radius 3 is 2.33 bits per heavy atom. The molecule has 0 radical (unpaired) electrons. The molecule has 0 fully saturated rings. The molecule has 1 unspecified atom stereocenters. The highest BCUT2D eigenvalue weighted by Gasteiger charge is 2.43. The van der Waals surface area contributed by atoms with Gasteiger partial charge in [0.05, 0.1) is 23.6 Å². The number of fused-ring (bicyclic) bond motifs is 2. The van der Waals surface area contributed by atoms with Crippen molar-refractivity contribution in [3.8, 4) is 5.75 Å². The van der Waals surface area contributed by atoms with E-state index in [4.69, 9.17) is 9.15 Å². The third-order valence-electron chi connectivity index (χ3n) is 6.07. The summed E-state index contributed by atoms with van der Waals surface area (Å²) in [6.45, 7) is 4.78. The summed E-state index contributed by atoms with van der Waals surface area (Å²) in [7, 11) is 0. The third kappa shape index (κ3) is 3.59. The van der Waals surface area contributed by atoms with Gasteiger partial charge in [-0.25, -0.2) is 0 Å². The fourth-order valence-corrected chi connectivity index (χ4v) is 4.36. The number of carbonyl (C=O) groups excluding carboxylic acids is 1. The maximum Gasteiger partial charge on any atom is 0.295 e. The van der Waals surface area contributed by atoms with Crippen LogP contribution in [-0.4, -0.2) is 12.5 Å². The minimum Gasteiger partial charge on any atom is -0.494 e. The first-order valence-electron chi connectivity index (χ1n) is 11.3. The van der Waals surface area contributed by atoms with E-state index in [-0.39, 0.29) is 17.1 Å². The topological polar surface area (TPSA) is 59.8 Å². The molecule has 3 aromatic carbocycles. The number of amides is 1. The van der Waals surface area contributed by atoms with Crippen LogP contribution in [0.15, 0.2) is 82.0 Å². The monoisotopic (exact) mass is 439 g/mol. The van der Waals surface area contributed by atoms with E-state index in [1.54, 1.807) is 29.2 Å². The number of nitrogens with zero attached hydrogens (tertiary/aromatic N) is 1. The van der Waals surface area contributed by atoms with E-state index in [0.29, 0.717) is 23.1 Å². The van der Waals surface area contributed by atoms with Crippen LogP contribution in [0.3, 0.4) is 0 Å². The lowest BCUT2D eigenvalue weighted by Gasteiger charge is -2.25. The lowest BCUT2D eigenvalue weighted by atomic mass is 9.98. The summed E-state index contributed by atoms with van der Waals surface area (Å²) in [5, 5.41) is 0.472. The van der Waals surface area contributed by atoms with Crippen molar-refractivity contribution >= 4 is 22.6 Å². The summed E-state index contributed by atoms with van der Waals surface area (Å²) < 4.78 is 11.7. The van der Waals surface area contributed by atoms with E-state index in [1.165, 1.54) is 5.56 Å². The lowest BCUT2D eigenvalue weighted by Crippen LogP contribution is -2.29. The quantitative estimate of drug-likeness (QED) is 0.376. The van der Waals surface area contributed by atoms with E-state index in [9.17, 15) is 9.59 Å². The molecule has 1 amide bonds. The molecule has 5 nitrogen and oxygen atoms in total. The van der Waals surface area contributed by atoms with Crippen LogP contribution in [-0.2, 0) is 6.42 Å². The van der Waals surface area contributed by atoms with Crippen LogP contribution < -0.4 is 15.1 Å². The highest BCUT2D eigenvalue weighted by molar-refractivity contribution is 6.10. The highest BCUT2D eigenvalue weighted by Crippen LogP contribution is 2.41. The number of anilines is 1. The van der Waals surface area contributed by atoms with Gasteiger partial charge in [0.25, 0.3) is 5.91 Å². The fraction of sp³-hybridized carbons (Fsp3) is 0.214. The zero-order valence-corrected chi connectivity index (χ0v) is 18.7. The van der Waals surface area contributed by atoms with E-state index in [0.717, 1.165) is 29.8 Å². The van der Waals surface area contributed by atoms with Crippen molar-refractivity contribution in [1.29, 1.82) is 0 Å². The molecule has 2 heterocycles. The highest BCUT2D eigenvalue weighted by atomic mass is 16.5. The van der Waals surface area contributed by atoms with Gasteiger partial charge < -0.3 is 9.15 Å². The molecule has 0 bridgehead atoms. The molecule has 1 aliphatic heterocycles. The number of aryl methyl sites for hydroxylation is 1. The van der Waals surface area contributed by atoms with Crippen molar-refractivity contribution in [2.75, 3.05) is 11.5 Å². The summed E-state index contributed by atoms with van der Waals surface area (Å²) >= 11 is 0. The van der Waals surface area contributed by atoms with Crippen molar-refractivity contribution in [1.82, 2.24) is 0 Å². The number of hydrogen-bond donors (Lipinski definition) is 0. The van der Waals surface area contributed by atoms with E-state index in [2.05, 4.69) is 13.8 Å². The molecule has 0 saturated carbocycles. The standard InChI is InChI=1S/C28H25NO4/c1-3-17-32-21-15-11-19(12-16-21)25-24-26(30)22-7-5-6-8-23(22)33-27(24)28(31)29(25)20-13-9-18(4-2)10-14-20/h5-16,25H,3-4,17H2,1-2H3. The second-order valence-electron chi connectivity index (χ2n) is 8.19. The predicted octanol–water partition coefficient (Wildman–Crippen LogP) is 5.89. The molecule has 166 valence electrons. The molecule has 5 rings (SSSR count). The summed E-state index contributed by atoms with van der Waals surface area (Å²) in [5.41, 5.74) is 3.35. The largest absolute Gasteiger partial charge is 0.494 e. The molecule has 1 aliphatic rings. The number of rotatable bonds is 6.